The Hall–Kier alpha value is -2.66. The fraction of sp³-hybridized carbons (Fsp3) is 0.417. The fourth-order valence-corrected chi connectivity index (χ4v) is 6.93. The number of halogens is 2. The largest absolute Gasteiger partial charge is 0.503 e. The highest BCUT2D eigenvalue weighted by Crippen LogP contribution is 2.61. The summed E-state index contributed by atoms with van der Waals surface area (Å²) in [4.78, 5) is 52.9. The Morgan fingerprint density at radius 2 is 1.83 bits per heavy atom. The minimum Gasteiger partial charge on any atom is -0.503 e. The third-order valence-corrected chi connectivity index (χ3v) is 9.99. The molecule has 2 aromatic rings. The van der Waals surface area contributed by atoms with Crippen LogP contribution in [0.3, 0.4) is 0 Å². The maximum absolute atomic E-state index is 13.7. The molecule has 0 radical (unpaired) electrons. The van der Waals surface area contributed by atoms with Gasteiger partial charge in [0.1, 0.15) is 0 Å². The highest BCUT2D eigenvalue weighted by Gasteiger charge is 2.59. The summed E-state index contributed by atoms with van der Waals surface area (Å²) in [5.41, 5.74) is -0.287. The van der Waals surface area contributed by atoms with Crippen LogP contribution in [-0.4, -0.2) is 37.7 Å². The summed E-state index contributed by atoms with van der Waals surface area (Å²) in [6.45, 7) is 3.57. The van der Waals surface area contributed by atoms with E-state index in [-0.39, 0.29) is 36.0 Å². The van der Waals surface area contributed by atoms with Gasteiger partial charge in [0, 0.05) is 23.4 Å². The van der Waals surface area contributed by atoms with Gasteiger partial charge in [-0.3, -0.25) is 9.59 Å². The number of hydrogen-bond acceptors (Lipinski definition) is 6. The molecule has 1 aromatic heterocycles. The third-order valence-electron chi connectivity index (χ3n) is 7.84. The van der Waals surface area contributed by atoms with Crippen LogP contribution in [0, 0.1) is 11.3 Å². The Morgan fingerprint density at radius 1 is 1.14 bits per heavy atom. The number of allylic oxidation sites excluding steroid dienone is 4. The van der Waals surface area contributed by atoms with Gasteiger partial charge in [0.05, 0.1) is 29.6 Å². The van der Waals surface area contributed by atoms with Crippen LogP contribution in [0.2, 0.25) is 0 Å². The van der Waals surface area contributed by atoms with Gasteiger partial charge in [-0.25, -0.2) is 23.5 Å². The second-order valence-electron chi connectivity index (χ2n) is 9.48. The number of ketones is 2. The highest BCUT2D eigenvalue weighted by atomic mass is 79.9. The molecule has 3 aliphatic rings. The molecule has 0 saturated heterocycles. The van der Waals surface area contributed by atoms with Crippen LogP contribution in [0.5, 0.6) is 11.5 Å². The molecule has 184 valence electrons. The summed E-state index contributed by atoms with van der Waals surface area (Å²) in [6.07, 6.45) is 3.49. The smallest absolute Gasteiger partial charge is 0.347 e. The lowest BCUT2D eigenvalue weighted by Crippen LogP contribution is -2.54. The molecule has 0 amide bonds. The number of benzene rings is 1. The van der Waals surface area contributed by atoms with E-state index in [1.807, 2.05) is 6.08 Å². The van der Waals surface area contributed by atoms with Crippen LogP contribution >= 0.6 is 31.9 Å². The lowest BCUT2D eigenvalue weighted by Gasteiger charge is -2.52. The zero-order valence-electron chi connectivity index (χ0n) is 19.5. The van der Waals surface area contributed by atoms with E-state index in [0.717, 1.165) is 10.1 Å². The van der Waals surface area contributed by atoms with Gasteiger partial charge in [-0.15, -0.1) is 0 Å². The molecule has 1 fully saturated rings. The van der Waals surface area contributed by atoms with Crippen molar-refractivity contribution in [3.63, 3.8) is 0 Å². The molecule has 9 nitrogen and oxygen atoms in total. The summed E-state index contributed by atoms with van der Waals surface area (Å²) < 4.78 is 10.1. The van der Waals surface area contributed by atoms with E-state index in [1.54, 1.807) is 19.9 Å². The van der Waals surface area contributed by atoms with Crippen LogP contribution in [0.1, 0.15) is 37.8 Å². The first-order valence-electron chi connectivity index (χ1n) is 11.0. The predicted octanol–water partition coefficient (Wildman–Crippen LogP) is 2.98. The van der Waals surface area contributed by atoms with Crippen molar-refractivity contribution in [1.82, 2.24) is 13.9 Å². The molecule has 4 atom stereocenters. The van der Waals surface area contributed by atoms with Crippen molar-refractivity contribution in [2.75, 3.05) is 7.11 Å². The van der Waals surface area contributed by atoms with E-state index in [9.17, 15) is 24.3 Å². The number of ether oxygens (including phenoxy) is 1. The molecule has 35 heavy (non-hydrogen) atoms. The summed E-state index contributed by atoms with van der Waals surface area (Å²) in [7, 11) is 2.85. The van der Waals surface area contributed by atoms with Crippen molar-refractivity contribution in [3.8, 4) is 11.5 Å². The lowest BCUT2D eigenvalue weighted by atomic mass is 9.51. The second-order valence-corrected chi connectivity index (χ2v) is 11.1. The summed E-state index contributed by atoms with van der Waals surface area (Å²) in [5.74, 6) is -1.59. The molecule has 5 rings (SSSR count). The number of methoxy groups -OCH3 is 1. The quantitative estimate of drug-likeness (QED) is 0.525. The third kappa shape index (κ3) is 3.03. The van der Waals surface area contributed by atoms with E-state index in [2.05, 4.69) is 31.9 Å². The first-order valence-corrected chi connectivity index (χ1v) is 12.6. The number of aromatic nitrogens is 3. The Morgan fingerprint density at radius 3 is 2.49 bits per heavy atom. The number of carbonyl (C=O) groups excluding carboxylic acids is 2. The Balaban J connectivity index is 1.85. The van der Waals surface area contributed by atoms with Gasteiger partial charge < -0.3 is 9.84 Å². The second kappa shape index (κ2) is 7.92. The molecule has 1 aromatic carbocycles. The number of nitrogens with zero attached hydrogens (tertiary/aromatic N) is 3. The topological polar surface area (TPSA) is 113 Å². The summed E-state index contributed by atoms with van der Waals surface area (Å²) in [5, 5.41) is 10.5. The predicted molar refractivity (Wildman–Crippen MR) is 134 cm³/mol. The Labute approximate surface area is 216 Å². The maximum Gasteiger partial charge on any atom is 0.347 e. The number of fused-ring (bicyclic) bond motifs is 4. The zero-order chi connectivity index (χ0) is 25.6. The van der Waals surface area contributed by atoms with Gasteiger partial charge >= 0.3 is 11.4 Å². The molecule has 1 aliphatic heterocycles. The summed E-state index contributed by atoms with van der Waals surface area (Å²) in [6, 6.07) is 1.06. The van der Waals surface area contributed by atoms with Crippen LogP contribution in [0.25, 0.3) is 0 Å². The van der Waals surface area contributed by atoms with Crippen molar-refractivity contribution in [2.45, 2.75) is 38.8 Å². The number of rotatable bonds is 2. The molecule has 11 heteroatoms. The number of phenolic OH excluding ortho intramolecular Hbond substituents is 1. The Bertz CT molecular complexity index is 1510. The fourth-order valence-electron chi connectivity index (χ4n) is 5.97. The lowest BCUT2D eigenvalue weighted by molar-refractivity contribution is -0.139. The van der Waals surface area contributed by atoms with Gasteiger partial charge in [-0.2, -0.15) is 0 Å². The molecular weight excluding hydrogens is 586 g/mol. The van der Waals surface area contributed by atoms with Crippen LogP contribution in [0.4, 0.5) is 0 Å². The number of phenols is 1. The first kappa shape index (κ1) is 24.1. The number of hydrogen-bond donors (Lipinski definition) is 1. The maximum atomic E-state index is 13.7. The minimum absolute atomic E-state index is 0.107. The first-order chi connectivity index (χ1) is 16.4. The van der Waals surface area contributed by atoms with E-state index in [1.165, 1.54) is 29.6 Å². The number of carbonyl (C=O) groups is 2. The van der Waals surface area contributed by atoms with Crippen molar-refractivity contribution in [1.29, 1.82) is 0 Å². The van der Waals surface area contributed by atoms with Crippen molar-refractivity contribution < 1.29 is 19.4 Å². The van der Waals surface area contributed by atoms with Crippen LogP contribution in [-0.2, 0) is 23.2 Å². The monoisotopic (exact) mass is 607 g/mol. The zero-order valence-corrected chi connectivity index (χ0v) is 22.6. The van der Waals surface area contributed by atoms with Crippen molar-refractivity contribution >= 4 is 43.4 Å². The van der Waals surface area contributed by atoms with E-state index < -0.39 is 34.7 Å². The van der Waals surface area contributed by atoms with Gasteiger partial charge in [0.25, 0.3) is 0 Å². The standard InChI is InChI=1S/C24H23Br2N3O6/c1-10-7-16(30)24(2)13(20(10)31)9-14-11(5-6-28-22(33)27(3)23(34)29(14)28)17(24)12-8-15(35-4)21(32)19(26)18(12)25/h5,7-8,13-14,17,32H,6,9H2,1-4H3/t13-,14+,17+,24-/m0/s1. The van der Waals surface area contributed by atoms with Crippen molar-refractivity contribution in [2.24, 2.45) is 18.4 Å². The Kier molecular flexibility index (Phi) is 5.45. The number of aromatic hydroxyl groups is 1. The van der Waals surface area contributed by atoms with Gasteiger partial charge in [-0.05, 0) is 74.1 Å². The molecule has 2 heterocycles. The highest BCUT2D eigenvalue weighted by molar-refractivity contribution is 9.13. The van der Waals surface area contributed by atoms with Gasteiger partial charge in [-0.1, -0.05) is 13.0 Å². The van der Waals surface area contributed by atoms with Gasteiger partial charge in [0.2, 0.25) is 0 Å². The molecule has 0 bridgehead atoms. The molecular formula is C24H23Br2N3O6. The molecule has 1 N–H and O–H groups in total. The van der Waals surface area contributed by atoms with E-state index in [4.69, 9.17) is 4.74 Å². The van der Waals surface area contributed by atoms with Crippen LogP contribution in [0.15, 0.2) is 47.9 Å². The van der Waals surface area contributed by atoms with Gasteiger partial charge in [0.15, 0.2) is 23.1 Å². The number of Topliss-reactive ketones (excluding diaryl/α,β-unsaturated/α-hetero) is 1. The average Bonchev–Trinajstić information content (AvgIpc) is 3.05. The summed E-state index contributed by atoms with van der Waals surface area (Å²) >= 11 is 6.97. The molecule has 0 unspecified atom stereocenters. The SMILES string of the molecule is COc1cc([C@H]2C3=CCn4c(=O)n(C)c(=O)n4[C@@H]3C[C@H]3C(=O)C(C)=CC(=O)[C@@]23C)c(Br)c(Br)c1O. The minimum atomic E-state index is -1.15. The van der Waals surface area contributed by atoms with E-state index in [0.29, 0.717) is 20.1 Å². The van der Waals surface area contributed by atoms with Crippen LogP contribution < -0.4 is 16.1 Å². The molecule has 0 spiro atoms. The van der Waals surface area contributed by atoms with E-state index >= 15 is 0 Å². The van der Waals surface area contributed by atoms with Crippen molar-refractivity contribution in [3.05, 3.63) is 64.8 Å². The molecule has 2 aliphatic carbocycles. The average molecular weight is 609 g/mol. The molecule has 1 saturated carbocycles. The normalized spacial score (nSPS) is 27.5.